The molecule has 9 nitrogen and oxygen atoms in total. The number of rotatable bonds is 3. The predicted molar refractivity (Wildman–Crippen MR) is 74.9 cm³/mol. The molecule has 2 heterocycles. The highest BCUT2D eigenvalue weighted by atomic mass is 16.6. The zero-order chi connectivity index (χ0) is 14.9. The van der Waals surface area contributed by atoms with Gasteiger partial charge in [-0.15, -0.1) is 0 Å². The van der Waals surface area contributed by atoms with Gasteiger partial charge in [0.05, 0.1) is 17.1 Å². The van der Waals surface area contributed by atoms with Crippen molar-refractivity contribution in [3.63, 3.8) is 0 Å². The Balaban J connectivity index is 2.47. The second-order valence-electron chi connectivity index (χ2n) is 4.77. The maximum atomic E-state index is 11.2. The molecular formula is C11H18N6O3. The molecule has 0 aliphatic carbocycles. The molecule has 0 spiro atoms. The lowest BCUT2D eigenvalue weighted by Crippen LogP contribution is -2.46. The van der Waals surface area contributed by atoms with E-state index >= 15 is 0 Å². The van der Waals surface area contributed by atoms with Crippen molar-refractivity contribution in [1.29, 1.82) is 0 Å². The quantitative estimate of drug-likeness (QED) is 0.611. The van der Waals surface area contributed by atoms with Crippen LogP contribution in [0.1, 0.15) is 13.8 Å². The van der Waals surface area contributed by atoms with Gasteiger partial charge in [-0.3, -0.25) is 10.1 Å². The smallest absolute Gasteiger partial charge is 0.353 e. The third-order valence-electron chi connectivity index (χ3n) is 3.02. The first-order valence-corrected chi connectivity index (χ1v) is 6.32. The molecule has 2 atom stereocenters. The second-order valence-corrected chi connectivity index (χ2v) is 4.77. The lowest BCUT2D eigenvalue weighted by atomic mass is 10.2. The number of nitrogens with zero attached hydrogens (tertiary/aromatic N) is 4. The van der Waals surface area contributed by atoms with Gasteiger partial charge in [0.2, 0.25) is 17.6 Å². The minimum absolute atomic E-state index is 0.0346. The number of morpholine rings is 1. The lowest BCUT2D eigenvalue weighted by Gasteiger charge is -2.35. The number of nitro groups is 1. The van der Waals surface area contributed by atoms with Crippen LogP contribution < -0.4 is 16.0 Å². The van der Waals surface area contributed by atoms with E-state index in [1.807, 2.05) is 18.7 Å². The number of nitrogens with two attached hydrogens (primary N) is 1. The summed E-state index contributed by atoms with van der Waals surface area (Å²) in [5.74, 6) is 0.347. The van der Waals surface area contributed by atoms with Crippen LogP contribution in [0.3, 0.4) is 0 Å². The van der Waals surface area contributed by atoms with Crippen molar-refractivity contribution in [3.05, 3.63) is 10.1 Å². The fraction of sp³-hybridized carbons (Fsp3) is 0.636. The molecule has 0 saturated carbocycles. The number of anilines is 3. The highest BCUT2D eigenvalue weighted by molar-refractivity contribution is 5.71. The standard InChI is InChI=1S/C11H18N6O3/c1-6-4-16(5-7(2)20-6)10-8(17(18)19)9(12)14-11(13-3)15-10/h6-7H,4-5H2,1-3H3,(H3,12,13,14,15). The highest BCUT2D eigenvalue weighted by Gasteiger charge is 2.31. The van der Waals surface area contributed by atoms with Gasteiger partial charge >= 0.3 is 5.69 Å². The number of ether oxygens (including phenoxy) is 1. The molecule has 1 aromatic heterocycles. The SMILES string of the molecule is CNc1nc(N)c([N+](=O)[O-])c(N2CC(C)OC(C)C2)n1. The van der Waals surface area contributed by atoms with E-state index in [1.54, 1.807) is 7.05 Å². The highest BCUT2D eigenvalue weighted by Crippen LogP contribution is 2.33. The zero-order valence-corrected chi connectivity index (χ0v) is 11.7. The minimum Gasteiger partial charge on any atom is -0.378 e. The van der Waals surface area contributed by atoms with Gasteiger partial charge in [0.15, 0.2) is 0 Å². The Morgan fingerprint density at radius 3 is 2.50 bits per heavy atom. The van der Waals surface area contributed by atoms with Crippen LogP contribution in [0.4, 0.5) is 23.3 Å². The molecular weight excluding hydrogens is 264 g/mol. The Labute approximate surface area is 116 Å². The topological polar surface area (TPSA) is 119 Å². The van der Waals surface area contributed by atoms with E-state index in [0.717, 1.165) is 0 Å². The van der Waals surface area contributed by atoms with Gasteiger partial charge in [-0.1, -0.05) is 0 Å². The zero-order valence-electron chi connectivity index (χ0n) is 11.7. The number of nitrogen functional groups attached to an aromatic ring is 1. The summed E-state index contributed by atoms with van der Waals surface area (Å²) in [5.41, 5.74) is 5.42. The van der Waals surface area contributed by atoms with Gasteiger partial charge in [0, 0.05) is 20.1 Å². The fourth-order valence-electron chi connectivity index (χ4n) is 2.32. The molecule has 20 heavy (non-hydrogen) atoms. The summed E-state index contributed by atoms with van der Waals surface area (Å²) < 4.78 is 5.62. The third kappa shape index (κ3) is 2.72. The van der Waals surface area contributed by atoms with Crippen LogP contribution in [0.5, 0.6) is 0 Å². The second kappa shape index (κ2) is 5.45. The van der Waals surface area contributed by atoms with Gasteiger partial charge in [0.25, 0.3) is 0 Å². The Morgan fingerprint density at radius 2 is 2.00 bits per heavy atom. The monoisotopic (exact) mass is 282 g/mol. The fourth-order valence-corrected chi connectivity index (χ4v) is 2.32. The molecule has 9 heteroatoms. The average molecular weight is 282 g/mol. The summed E-state index contributed by atoms with van der Waals surface area (Å²) in [4.78, 5) is 20.5. The summed E-state index contributed by atoms with van der Waals surface area (Å²) in [6.45, 7) is 4.87. The number of hydrogen-bond acceptors (Lipinski definition) is 8. The van der Waals surface area contributed by atoms with Gasteiger partial charge < -0.3 is 20.7 Å². The summed E-state index contributed by atoms with van der Waals surface area (Å²) in [6.07, 6.45) is -0.0693. The summed E-state index contributed by atoms with van der Waals surface area (Å²) in [5, 5.41) is 14.0. The third-order valence-corrected chi connectivity index (χ3v) is 3.02. The average Bonchev–Trinajstić information content (AvgIpc) is 2.35. The van der Waals surface area contributed by atoms with Crippen molar-refractivity contribution < 1.29 is 9.66 Å². The molecule has 1 aliphatic heterocycles. The molecule has 1 fully saturated rings. The number of hydrogen-bond donors (Lipinski definition) is 2. The first-order chi connectivity index (χ1) is 9.42. The molecule has 0 bridgehead atoms. The first-order valence-electron chi connectivity index (χ1n) is 6.32. The summed E-state index contributed by atoms with van der Waals surface area (Å²) in [7, 11) is 1.63. The van der Waals surface area contributed by atoms with E-state index in [1.165, 1.54) is 0 Å². The Bertz CT molecular complexity index is 513. The molecule has 0 radical (unpaired) electrons. The van der Waals surface area contributed by atoms with Gasteiger partial charge in [-0.2, -0.15) is 9.97 Å². The van der Waals surface area contributed by atoms with Crippen LogP contribution >= 0.6 is 0 Å². The molecule has 0 aromatic carbocycles. The molecule has 1 aromatic rings. The normalized spacial score (nSPS) is 22.6. The molecule has 3 N–H and O–H groups in total. The van der Waals surface area contributed by atoms with Gasteiger partial charge in [-0.05, 0) is 13.8 Å². The Hall–Kier alpha value is -2.16. The van der Waals surface area contributed by atoms with Crippen LogP contribution in [0.15, 0.2) is 0 Å². The van der Waals surface area contributed by atoms with Crippen molar-refractivity contribution in [2.75, 3.05) is 36.1 Å². The molecule has 2 unspecified atom stereocenters. The van der Waals surface area contributed by atoms with E-state index in [0.29, 0.717) is 13.1 Å². The van der Waals surface area contributed by atoms with Gasteiger partial charge in [-0.25, -0.2) is 0 Å². The lowest BCUT2D eigenvalue weighted by molar-refractivity contribution is -0.383. The molecule has 1 saturated heterocycles. The van der Waals surface area contributed by atoms with Crippen LogP contribution in [-0.4, -0.2) is 47.2 Å². The van der Waals surface area contributed by atoms with Crippen molar-refractivity contribution in [3.8, 4) is 0 Å². The minimum atomic E-state index is -0.547. The van der Waals surface area contributed by atoms with Crippen LogP contribution in [0.2, 0.25) is 0 Å². The van der Waals surface area contributed by atoms with E-state index in [9.17, 15) is 10.1 Å². The Kier molecular flexibility index (Phi) is 3.89. The van der Waals surface area contributed by atoms with Crippen LogP contribution in [-0.2, 0) is 4.74 Å². The van der Waals surface area contributed by atoms with Crippen molar-refractivity contribution >= 4 is 23.3 Å². The summed E-state index contributed by atoms with van der Waals surface area (Å²) >= 11 is 0. The van der Waals surface area contributed by atoms with E-state index < -0.39 is 4.92 Å². The summed E-state index contributed by atoms with van der Waals surface area (Å²) in [6, 6.07) is 0. The van der Waals surface area contributed by atoms with Crippen LogP contribution in [0, 0.1) is 10.1 Å². The van der Waals surface area contributed by atoms with Crippen molar-refractivity contribution in [2.45, 2.75) is 26.1 Å². The number of aromatic nitrogens is 2. The molecule has 2 rings (SSSR count). The maximum absolute atomic E-state index is 11.2. The molecule has 110 valence electrons. The van der Waals surface area contributed by atoms with E-state index in [4.69, 9.17) is 10.5 Å². The predicted octanol–water partition coefficient (Wildman–Crippen LogP) is 0.622. The molecule has 0 amide bonds. The van der Waals surface area contributed by atoms with E-state index in [2.05, 4.69) is 15.3 Å². The van der Waals surface area contributed by atoms with Gasteiger partial charge in [0.1, 0.15) is 0 Å². The van der Waals surface area contributed by atoms with Crippen LogP contribution in [0.25, 0.3) is 0 Å². The van der Waals surface area contributed by atoms with E-state index in [-0.39, 0.29) is 35.5 Å². The Morgan fingerprint density at radius 1 is 1.40 bits per heavy atom. The van der Waals surface area contributed by atoms with Crippen molar-refractivity contribution in [1.82, 2.24) is 9.97 Å². The largest absolute Gasteiger partial charge is 0.378 e. The maximum Gasteiger partial charge on any atom is 0.353 e. The van der Waals surface area contributed by atoms with Crippen molar-refractivity contribution in [2.24, 2.45) is 0 Å². The number of nitrogens with one attached hydrogen (secondary N) is 1. The molecule has 1 aliphatic rings. The first kappa shape index (κ1) is 14.3.